The van der Waals surface area contributed by atoms with Crippen LogP contribution in [-0.2, 0) is 77.0 Å². The van der Waals surface area contributed by atoms with E-state index in [4.69, 9.17) is 58.3 Å². The number of likely N-dealkylation sites (N-methyl/N-ethyl adjacent to an activating group) is 3. The van der Waals surface area contributed by atoms with Crippen molar-refractivity contribution in [1.82, 2.24) is 84.6 Å². The van der Waals surface area contributed by atoms with Crippen molar-refractivity contribution in [2.45, 2.75) is 230 Å². The summed E-state index contributed by atoms with van der Waals surface area (Å²) in [6, 6.07) is 13.1. The van der Waals surface area contributed by atoms with Crippen molar-refractivity contribution in [2.75, 3.05) is 170 Å². The van der Waals surface area contributed by atoms with Gasteiger partial charge in [-0.15, -0.1) is 0 Å². The summed E-state index contributed by atoms with van der Waals surface area (Å²) < 4.78 is 124. The number of alkyl halides is 6. The highest BCUT2D eigenvalue weighted by Gasteiger charge is 2.44. The molecule has 7 aromatic rings. The monoisotopic (exact) mass is 1970 g/mol. The number of piperazine rings is 3. The zero-order valence-corrected chi connectivity index (χ0v) is 83.9. The standard InChI is InChI=1S/C38H54F3N9O4Si.C30H34F3N9O2.C24H37N7O3.3H2S/c1-37(2,3)54-36(51)49-18-17-48(22-26(49)12-14-42)34-28-13-16-47(23-31(28)44-35(45-34)53-24-27-9-8-15-46(27)4)33-29-21-43-50(25-52-19-20-55(5,6)7)32(29)11-10-30(33)38(39,40)41;1-3-26(43)42-14-13-41(16-19(42)8-10-34)28-21-9-12-40(27-22-15-35-38-24(22)7-6-23(27)30(31,32)33)17-25(21)36-29(37-28)44-18-20-5-4-11-39(20)2;1-24(2,3)34-23(32)31-13-12-30(15-17(31)7-9-25)21-19-8-10-26-14-20(19)27-22(28-21)33-16-18-6-5-11-29(18)4;;;/h10-11,21,26-27H,8-9,12-13,15-20,22-25H2,1-7H3;3,6-7,15,19-20H,1,4-5,8-9,11-14,16-18H2,2H3,(H,35,38);17-18,26H,5-8,10-16H2,1-4H3;3*1H2/t26?,27-;19?,20-;17?,18-;;;/m000.../s1. The van der Waals surface area contributed by atoms with E-state index >= 15 is 0 Å². The molecule has 0 aliphatic carbocycles. The van der Waals surface area contributed by atoms with E-state index in [9.17, 15) is 56.5 Å². The lowest BCUT2D eigenvalue weighted by Crippen LogP contribution is -2.56. The third-order valence-electron chi connectivity index (χ3n) is 26.1. The first kappa shape index (κ1) is 106. The molecule has 0 spiro atoms. The summed E-state index contributed by atoms with van der Waals surface area (Å²) in [5, 5.41) is 44.0. The van der Waals surface area contributed by atoms with Gasteiger partial charge in [0.25, 0.3) is 0 Å². The summed E-state index contributed by atoms with van der Waals surface area (Å²) in [5.41, 5.74) is 3.36. The summed E-state index contributed by atoms with van der Waals surface area (Å²) in [6.07, 6.45) is 2.65. The van der Waals surface area contributed by atoms with Crippen molar-refractivity contribution >= 4 is 117 Å². The van der Waals surface area contributed by atoms with Gasteiger partial charge in [0.2, 0.25) is 5.91 Å². The normalized spacial score (nSPS) is 20.6. The van der Waals surface area contributed by atoms with E-state index in [0.29, 0.717) is 168 Å². The third kappa shape index (κ3) is 25.9. The number of nitrogens with zero attached hydrogens (tertiary/aromatic N) is 23. The van der Waals surface area contributed by atoms with Gasteiger partial charge in [-0.1, -0.05) is 26.2 Å². The molecule has 5 aromatic heterocycles. The number of nitrogens with one attached hydrogen (secondary N) is 2. The Morgan fingerprint density at radius 1 is 0.522 bits per heavy atom. The number of carbonyl (C=O) groups is 3. The van der Waals surface area contributed by atoms with Gasteiger partial charge >= 0.3 is 42.6 Å². The number of rotatable bonds is 23. The maximum Gasteiger partial charge on any atom is 0.418 e. The fourth-order valence-corrected chi connectivity index (χ4v) is 19.7. The molecular formula is C92H131F6N25O9S3Si. The van der Waals surface area contributed by atoms with Gasteiger partial charge in [0, 0.05) is 139 Å². The smallest absolute Gasteiger partial charge is 0.418 e. The number of likely N-dealkylation sites (tertiary alicyclic amines) is 3. The summed E-state index contributed by atoms with van der Waals surface area (Å²) in [5.74, 6) is 1.89. The topological polar surface area (TPSA) is 349 Å². The largest absolute Gasteiger partial charge is 0.462 e. The number of amides is 3. The number of aromatic amines is 1. The van der Waals surface area contributed by atoms with Crippen molar-refractivity contribution in [1.29, 1.82) is 15.8 Å². The minimum absolute atomic E-state index is 0. The van der Waals surface area contributed by atoms with Crippen LogP contribution in [0.25, 0.3) is 21.8 Å². The molecule has 0 radical (unpaired) electrons. The van der Waals surface area contributed by atoms with Crippen LogP contribution >= 0.6 is 40.5 Å². The van der Waals surface area contributed by atoms with Crippen LogP contribution in [0.1, 0.15) is 144 Å². The molecule has 14 heterocycles. The number of benzene rings is 2. The Morgan fingerprint density at radius 3 is 1.35 bits per heavy atom. The molecule has 0 bridgehead atoms. The van der Waals surface area contributed by atoms with Crippen LogP contribution in [0.3, 0.4) is 0 Å². The van der Waals surface area contributed by atoms with E-state index in [1.165, 1.54) is 37.0 Å². The highest BCUT2D eigenvalue weighted by Crippen LogP contribution is 2.46. The van der Waals surface area contributed by atoms with Crippen LogP contribution < -0.4 is 44.0 Å². The van der Waals surface area contributed by atoms with Crippen molar-refractivity contribution < 1.29 is 69.1 Å². The molecule has 9 aliphatic heterocycles. The third-order valence-corrected chi connectivity index (χ3v) is 27.8. The number of nitriles is 3. The Kier molecular flexibility index (Phi) is 35.7. The van der Waals surface area contributed by atoms with Crippen molar-refractivity contribution in [2.24, 2.45) is 0 Å². The number of carbonyl (C=O) groups excluding carboxylic acids is 3. The predicted octanol–water partition coefficient (Wildman–Crippen LogP) is 12.3. The summed E-state index contributed by atoms with van der Waals surface area (Å²) in [6.45, 7) is 32.6. The van der Waals surface area contributed by atoms with Gasteiger partial charge in [-0.2, -0.15) is 123 Å². The zero-order valence-electron chi connectivity index (χ0n) is 79.9. The molecule has 136 heavy (non-hydrogen) atoms. The van der Waals surface area contributed by atoms with Gasteiger partial charge in [0.1, 0.15) is 55.2 Å². The average molecular weight is 1970 g/mol. The number of aromatic nitrogens is 10. The molecular weight excluding hydrogens is 1840 g/mol. The Labute approximate surface area is 813 Å². The minimum Gasteiger partial charge on any atom is -0.462 e. The Morgan fingerprint density at radius 2 is 0.941 bits per heavy atom. The first-order valence-electron chi connectivity index (χ1n) is 46.2. The van der Waals surface area contributed by atoms with Crippen LogP contribution in [0.2, 0.25) is 25.7 Å². The van der Waals surface area contributed by atoms with E-state index in [0.717, 1.165) is 111 Å². The molecule has 6 fully saturated rings. The quantitative estimate of drug-likeness (QED) is 0.0260. The van der Waals surface area contributed by atoms with E-state index in [2.05, 4.69) is 98.7 Å². The van der Waals surface area contributed by atoms with E-state index in [-0.39, 0.29) is 146 Å². The fraction of sp³-hybridized carbons (Fsp3) is 0.630. The Hall–Kier alpha value is -10.1. The lowest BCUT2D eigenvalue weighted by Gasteiger charge is -2.42. The number of ether oxygens (including phenoxy) is 6. The number of fused-ring (bicyclic) bond motifs is 5. The van der Waals surface area contributed by atoms with Crippen LogP contribution in [0.15, 0.2) is 49.3 Å². The Balaban J connectivity index is 0.000000199. The van der Waals surface area contributed by atoms with Crippen molar-refractivity contribution in [3.63, 3.8) is 0 Å². The average Bonchev–Trinajstić information content (AvgIpc) is 1.57. The van der Waals surface area contributed by atoms with Gasteiger partial charge in [-0.3, -0.25) is 9.89 Å². The summed E-state index contributed by atoms with van der Waals surface area (Å²) >= 11 is 0. The number of hydrogen-bond donors (Lipinski definition) is 2. The molecule has 3 amide bonds. The van der Waals surface area contributed by atoms with Crippen molar-refractivity contribution in [3.05, 3.63) is 94.2 Å². The van der Waals surface area contributed by atoms with Crippen molar-refractivity contribution in [3.8, 4) is 36.2 Å². The number of anilines is 5. The lowest BCUT2D eigenvalue weighted by atomic mass is 10.00. The molecule has 9 aliphatic rings. The second kappa shape index (κ2) is 45.7. The zero-order chi connectivity index (χ0) is 95.0. The molecule has 16 rings (SSSR count). The lowest BCUT2D eigenvalue weighted by molar-refractivity contribution is -0.137. The first-order valence-corrected chi connectivity index (χ1v) is 49.9. The second-order valence-electron chi connectivity index (χ2n) is 38.9. The molecule has 2 aromatic carbocycles. The number of H-pyrrole nitrogens is 1. The second-order valence-corrected chi connectivity index (χ2v) is 44.6. The van der Waals surface area contributed by atoms with Gasteiger partial charge < -0.3 is 87.6 Å². The Bertz CT molecular complexity index is 5450. The molecule has 44 heteroatoms. The molecule has 6 saturated heterocycles. The molecule has 0 saturated carbocycles. The van der Waals surface area contributed by atoms with Gasteiger partial charge in [0.05, 0.1) is 132 Å². The van der Waals surface area contributed by atoms with E-state index in [1.54, 1.807) is 50.0 Å². The van der Waals surface area contributed by atoms with Crippen LogP contribution in [-0.4, -0.2) is 299 Å². The van der Waals surface area contributed by atoms with Crippen LogP contribution in [0, 0.1) is 34.0 Å². The maximum atomic E-state index is 14.7. The molecule has 2 N–H and O–H groups in total. The maximum absolute atomic E-state index is 14.7. The minimum atomic E-state index is -4.61. The SMILES string of the molecule is C=CC(=O)N1CCN(c2nc(OC[C@@H]3CCCN3C)nc3c2CCN(c2c(C(F)(F)F)ccc4[nH]ncc24)C3)CC1CC#N.CN1CCC[C@H]1COc1nc2c(c(N3CCN(C(=O)OC(C)(C)C)C(CC#N)C3)n1)CCN(c1c(C(F)(F)F)ccc3c1cnn3COCC[Si](C)(C)C)C2.CN1CCC[C@H]1COc1nc2c(c(N3CCN(C(=O)OC(C)(C)C)C(CC#N)C3)n1)CCNC2.S.S.S. The fourth-order valence-electron chi connectivity index (χ4n) is 19.0. The number of hydrogen-bond acceptors (Lipinski definition) is 29. The summed E-state index contributed by atoms with van der Waals surface area (Å²) in [7, 11) is 4.91. The molecule has 6 atom stereocenters. The highest BCUT2D eigenvalue weighted by atomic mass is 32.1. The molecule has 3 unspecified atom stereocenters. The van der Waals surface area contributed by atoms with E-state index in [1.807, 2.05) is 37.6 Å². The van der Waals surface area contributed by atoms with Crippen LogP contribution in [0.4, 0.5) is 64.8 Å². The first-order chi connectivity index (χ1) is 63.3. The van der Waals surface area contributed by atoms with Crippen LogP contribution in [0.5, 0.6) is 18.0 Å². The van der Waals surface area contributed by atoms with Gasteiger partial charge in [0.15, 0.2) is 0 Å². The highest BCUT2D eigenvalue weighted by molar-refractivity contribution is 7.59. The predicted molar refractivity (Wildman–Crippen MR) is 522 cm³/mol. The molecule has 34 nitrogen and oxygen atoms in total. The summed E-state index contributed by atoms with van der Waals surface area (Å²) in [4.78, 5) is 88.8. The van der Waals surface area contributed by atoms with Gasteiger partial charge in [-0.05, 0) is 183 Å². The number of halogens is 6. The van der Waals surface area contributed by atoms with Gasteiger partial charge in [-0.25, -0.2) is 14.3 Å². The molecule has 742 valence electrons. The van der Waals surface area contributed by atoms with E-state index < -0.39 is 54.9 Å².